The Hall–Kier alpha value is -1.73. The molecule has 2 nitrogen and oxygen atoms in total. The molecule has 0 saturated heterocycles. The standard InChI is InChI=1S/C43H70N2.Ni/c1-7-13-19-20-21-23-29-43(45-41-34-38(26-17-11-5)31-39(35-41)27-18-12-6)42(28-22-14-8-2)44-40-32-36(24-15-9-3)30-37(33-40)25-16-10-4;/h30-35H,7-29H2,1-6H3;. The first-order chi connectivity index (χ1) is 22.1. The van der Waals surface area contributed by atoms with Crippen LogP contribution in [0.5, 0.6) is 0 Å². The fourth-order valence-corrected chi connectivity index (χ4v) is 6.17. The monoisotopic (exact) mass is 672 g/mol. The van der Waals surface area contributed by atoms with Crippen LogP contribution in [0.1, 0.15) is 186 Å². The summed E-state index contributed by atoms with van der Waals surface area (Å²) in [5.41, 5.74) is 10.6. The summed E-state index contributed by atoms with van der Waals surface area (Å²) < 4.78 is 0. The maximum absolute atomic E-state index is 5.54. The number of rotatable bonds is 26. The topological polar surface area (TPSA) is 24.7 Å². The van der Waals surface area contributed by atoms with Crippen LogP contribution in [0.3, 0.4) is 0 Å². The van der Waals surface area contributed by atoms with Crippen LogP contribution in [-0.4, -0.2) is 11.4 Å². The molecule has 0 saturated carbocycles. The van der Waals surface area contributed by atoms with Crippen LogP contribution in [0, 0.1) is 0 Å². The summed E-state index contributed by atoms with van der Waals surface area (Å²) in [5.74, 6) is 0. The largest absolute Gasteiger partial charge is 0.252 e. The van der Waals surface area contributed by atoms with E-state index in [4.69, 9.17) is 9.98 Å². The predicted octanol–water partition coefficient (Wildman–Crippen LogP) is 14.2. The molecule has 262 valence electrons. The molecule has 0 atom stereocenters. The van der Waals surface area contributed by atoms with E-state index in [2.05, 4.69) is 77.9 Å². The number of benzene rings is 2. The molecule has 0 bridgehead atoms. The van der Waals surface area contributed by atoms with Gasteiger partial charge in [0, 0.05) is 16.5 Å². The van der Waals surface area contributed by atoms with Gasteiger partial charge in [0.25, 0.3) is 0 Å². The molecule has 0 aromatic heterocycles. The van der Waals surface area contributed by atoms with Gasteiger partial charge in [0.2, 0.25) is 0 Å². The van der Waals surface area contributed by atoms with Gasteiger partial charge in [0.05, 0.1) is 22.8 Å². The summed E-state index contributed by atoms with van der Waals surface area (Å²) in [6.45, 7) is 13.8. The SMILES string of the molecule is CCCCCCCCC(=Nc1cc(CCCC)cc(CCCC)c1)C(CCCCC)=Nc1cc(CCCC)cc(CCCC)c1.[Ni]. The van der Waals surface area contributed by atoms with E-state index in [0.717, 1.165) is 49.9 Å². The molecular formula is C43H70N2Ni. The molecule has 0 aliphatic heterocycles. The summed E-state index contributed by atoms with van der Waals surface area (Å²) in [7, 11) is 0. The van der Waals surface area contributed by atoms with E-state index >= 15 is 0 Å². The van der Waals surface area contributed by atoms with Crippen molar-refractivity contribution >= 4 is 22.8 Å². The van der Waals surface area contributed by atoms with Crippen LogP contribution >= 0.6 is 0 Å². The second-order valence-electron chi connectivity index (χ2n) is 13.5. The van der Waals surface area contributed by atoms with Gasteiger partial charge in [-0.25, -0.2) is 0 Å². The number of aliphatic imine (C=N–C) groups is 2. The van der Waals surface area contributed by atoms with Crippen LogP contribution in [-0.2, 0) is 42.2 Å². The average Bonchev–Trinajstić information content (AvgIpc) is 3.05. The van der Waals surface area contributed by atoms with Gasteiger partial charge in [0.15, 0.2) is 0 Å². The summed E-state index contributed by atoms with van der Waals surface area (Å²) in [6, 6.07) is 14.4. The average molecular weight is 674 g/mol. The minimum atomic E-state index is 0. The molecule has 0 radical (unpaired) electrons. The maximum atomic E-state index is 5.54. The van der Waals surface area contributed by atoms with Crippen LogP contribution in [0.2, 0.25) is 0 Å². The Bertz CT molecular complexity index is 1060. The minimum Gasteiger partial charge on any atom is -0.252 e. The normalized spacial score (nSPS) is 12.0. The second-order valence-corrected chi connectivity index (χ2v) is 13.5. The first kappa shape index (κ1) is 42.3. The molecule has 0 unspecified atom stereocenters. The van der Waals surface area contributed by atoms with E-state index in [-0.39, 0.29) is 16.5 Å². The number of hydrogen-bond donors (Lipinski definition) is 0. The smallest absolute Gasteiger partial charge is 0.0639 e. The Balaban J connectivity index is 0.0000106. The number of aryl methyl sites for hydroxylation is 4. The molecular weight excluding hydrogens is 603 g/mol. The van der Waals surface area contributed by atoms with Crippen molar-refractivity contribution in [2.24, 2.45) is 9.98 Å². The summed E-state index contributed by atoms with van der Waals surface area (Å²) in [6.07, 6.45) is 28.0. The molecule has 0 aliphatic rings. The molecule has 0 fully saturated rings. The molecule has 0 amide bonds. The molecule has 46 heavy (non-hydrogen) atoms. The molecule has 0 heterocycles. The van der Waals surface area contributed by atoms with Gasteiger partial charge in [-0.05, 0) is 124 Å². The molecule has 0 N–H and O–H groups in total. The van der Waals surface area contributed by atoms with E-state index in [0.29, 0.717) is 0 Å². The zero-order valence-corrected chi connectivity index (χ0v) is 31.9. The third kappa shape index (κ3) is 18.0. The van der Waals surface area contributed by atoms with Gasteiger partial charge in [-0.1, -0.05) is 124 Å². The first-order valence-electron chi connectivity index (χ1n) is 19.5. The Morgan fingerprint density at radius 1 is 0.370 bits per heavy atom. The van der Waals surface area contributed by atoms with Gasteiger partial charge in [-0.15, -0.1) is 0 Å². The zero-order valence-electron chi connectivity index (χ0n) is 30.9. The minimum absolute atomic E-state index is 0. The van der Waals surface area contributed by atoms with Crippen LogP contribution in [0.25, 0.3) is 0 Å². The van der Waals surface area contributed by atoms with E-state index in [1.54, 1.807) is 0 Å². The third-order valence-corrected chi connectivity index (χ3v) is 9.00. The van der Waals surface area contributed by atoms with Crippen molar-refractivity contribution in [3.05, 3.63) is 58.7 Å². The number of hydrogen-bond acceptors (Lipinski definition) is 2. The van der Waals surface area contributed by atoms with Crippen molar-refractivity contribution < 1.29 is 16.5 Å². The van der Waals surface area contributed by atoms with Gasteiger partial charge in [0.1, 0.15) is 0 Å². The second kappa shape index (κ2) is 27.2. The van der Waals surface area contributed by atoms with Gasteiger partial charge >= 0.3 is 0 Å². The summed E-state index contributed by atoms with van der Waals surface area (Å²) in [5, 5.41) is 0. The Morgan fingerprint density at radius 2 is 0.652 bits per heavy atom. The zero-order chi connectivity index (χ0) is 32.5. The van der Waals surface area contributed by atoms with Crippen molar-refractivity contribution in [1.29, 1.82) is 0 Å². The quantitative estimate of drug-likeness (QED) is 0.0539. The van der Waals surface area contributed by atoms with Crippen LogP contribution < -0.4 is 0 Å². The number of nitrogens with zero attached hydrogens (tertiary/aromatic N) is 2. The third-order valence-electron chi connectivity index (χ3n) is 9.00. The van der Waals surface area contributed by atoms with E-state index < -0.39 is 0 Å². The van der Waals surface area contributed by atoms with Crippen molar-refractivity contribution in [2.45, 2.75) is 189 Å². The molecule has 3 heteroatoms. The van der Waals surface area contributed by atoms with Crippen LogP contribution in [0.15, 0.2) is 46.4 Å². The molecule has 2 rings (SSSR count). The Labute approximate surface area is 296 Å². The maximum Gasteiger partial charge on any atom is 0.0639 e. The summed E-state index contributed by atoms with van der Waals surface area (Å²) in [4.78, 5) is 11.1. The number of unbranched alkanes of at least 4 members (excludes halogenated alkanes) is 11. The van der Waals surface area contributed by atoms with Crippen molar-refractivity contribution in [3.8, 4) is 0 Å². The van der Waals surface area contributed by atoms with Crippen LogP contribution in [0.4, 0.5) is 11.4 Å². The molecule has 0 aliphatic carbocycles. The van der Waals surface area contributed by atoms with Gasteiger partial charge < -0.3 is 0 Å². The molecule has 2 aromatic carbocycles. The van der Waals surface area contributed by atoms with Crippen molar-refractivity contribution in [3.63, 3.8) is 0 Å². The van der Waals surface area contributed by atoms with E-state index in [1.807, 2.05) is 0 Å². The predicted molar refractivity (Wildman–Crippen MR) is 204 cm³/mol. The van der Waals surface area contributed by atoms with Gasteiger partial charge in [-0.3, -0.25) is 9.98 Å². The van der Waals surface area contributed by atoms with E-state index in [9.17, 15) is 0 Å². The van der Waals surface area contributed by atoms with Crippen molar-refractivity contribution in [1.82, 2.24) is 0 Å². The Kier molecular flexibility index (Phi) is 25.1. The Morgan fingerprint density at radius 3 is 1.00 bits per heavy atom. The summed E-state index contributed by atoms with van der Waals surface area (Å²) >= 11 is 0. The van der Waals surface area contributed by atoms with Gasteiger partial charge in [-0.2, -0.15) is 0 Å². The molecule has 2 aromatic rings. The van der Waals surface area contributed by atoms with Crippen molar-refractivity contribution in [2.75, 3.05) is 0 Å². The first-order valence-corrected chi connectivity index (χ1v) is 19.5. The van der Waals surface area contributed by atoms with E-state index in [1.165, 1.54) is 143 Å². The fraction of sp³-hybridized carbons (Fsp3) is 0.674. The molecule has 0 spiro atoms. The fourth-order valence-electron chi connectivity index (χ4n) is 6.17.